The molecule has 1 amide bonds. The number of hydrogen-bond donors (Lipinski definition) is 1. The van der Waals surface area contributed by atoms with E-state index in [0.29, 0.717) is 41.7 Å². The van der Waals surface area contributed by atoms with Gasteiger partial charge in [0.2, 0.25) is 0 Å². The molecular formula is C26H22Br2N2O4. The number of nitrogens with zero attached hydrogens (tertiary/aromatic N) is 1. The van der Waals surface area contributed by atoms with E-state index in [0.717, 1.165) is 14.5 Å². The highest BCUT2D eigenvalue weighted by Crippen LogP contribution is 2.31. The molecule has 174 valence electrons. The molecule has 34 heavy (non-hydrogen) atoms. The zero-order valence-electron chi connectivity index (χ0n) is 18.6. The van der Waals surface area contributed by atoms with Crippen molar-refractivity contribution in [3.05, 3.63) is 86.3 Å². The van der Waals surface area contributed by atoms with E-state index in [2.05, 4.69) is 37.2 Å². The summed E-state index contributed by atoms with van der Waals surface area (Å²) >= 11 is 6.96. The van der Waals surface area contributed by atoms with Crippen LogP contribution in [0.25, 0.3) is 6.08 Å². The van der Waals surface area contributed by atoms with E-state index in [1.54, 1.807) is 42.5 Å². The van der Waals surface area contributed by atoms with Gasteiger partial charge in [-0.2, -0.15) is 5.26 Å². The van der Waals surface area contributed by atoms with Gasteiger partial charge in [-0.1, -0.05) is 44.0 Å². The summed E-state index contributed by atoms with van der Waals surface area (Å²) in [6.07, 6.45) is 1.50. The number of methoxy groups -OCH3 is 1. The van der Waals surface area contributed by atoms with E-state index in [9.17, 15) is 10.1 Å². The Morgan fingerprint density at radius 2 is 1.79 bits per heavy atom. The number of anilines is 1. The summed E-state index contributed by atoms with van der Waals surface area (Å²) in [5.74, 6) is 1.24. The first kappa shape index (κ1) is 25.3. The number of halogens is 2. The fraction of sp³-hybridized carbons (Fsp3) is 0.154. The molecule has 0 atom stereocenters. The van der Waals surface area contributed by atoms with Gasteiger partial charge in [0.15, 0.2) is 11.5 Å². The molecule has 6 nitrogen and oxygen atoms in total. The summed E-state index contributed by atoms with van der Waals surface area (Å²) in [6.45, 7) is 2.80. The number of ether oxygens (including phenoxy) is 3. The van der Waals surface area contributed by atoms with Gasteiger partial charge in [-0.15, -0.1) is 0 Å². The lowest BCUT2D eigenvalue weighted by Gasteiger charge is -2.12. The van der Waals surface area contributed by atoms with Crippen LogP contribution in [0.2, 0.25) is 0 Å². The van der Waals surface area contributed by atoms with Crippen LogP contribution in [0.5, 0.6) is 17.2 Å². The molecule has 0 aromatic heterocycles. The quantitative estimate of drug-likeness (QED) is 0.222. The van der Waals surface area contributed by atoms with Crippen molar-refractivity contribution in [2.45, 2.75) is 13.5 Å². The summed E-state index contributed by atoms with van der Waals surface area (Å²) < 4.78 is 18.7. The third-order valence-electron chi connectivity index (χ3n) is 4.69. The second-order valence-electron chi connectivity index (χ2n) is 7.02. The lowest BCUT2D eigenvalue weighted by atomic mass is 10.1. The van der Waals surface area contributed by atoms with Crippen LogP contribution in [0, 0.1) is 11.3 Å². The lowest BCUT2D eigenvalue weighted by molar-refractivity contribution is -0.112. The van der Waals surface area contributed by atoms with Crippen LogP contribution in [0.1, 0.15) is 18.1 Å². The molecule has 0 radical (unpaired) electrons. The Morgan fingerprint density at radius 3 is 2.44 bits per heavy atom. The first-order chi connectivity index (χ1) is 16.4. The molecule has 0 unspecified atom stereocenters. The van der Waals surface area contributed by atoms with Crippen LogP contribution >= 0.6 is 31.9 Å². The first-order valence-corrected chi connectivity index (χ1v) is 11.9. The average Bonchev–Trinajstić information content (AvgIpc) is 2.83. The van der Waals surface area contributed by atoms with Crippen molar-refractivity contribution in [2.24, 2.45) is 0 Å². The fourth-order valence-electron chi connectivity index (χ4n) is 3.00. The standard InChI is InChI=1S/C26H22Br2N2O4/c1-3-33-22-9-7-21(8-10-22)30-26(31)19(15-29)12-17-4-11-24(25(13-17)32-2)34-16-18-5-6-20(27)14-23(18)28/h4-14H,3,16H2,1-2H3,(H,30,31)/b19-12-. The smallest absolute Gasteiger partial charge is 0.266 e. The van der Waals surface area contributed by atoms with E-state index in [1.165, 1.54) is 13.2 Å². The number of nitriles is 1. The van der Waals surface area contributed by atoms with Crippen LogP contribution < -0.4 is 19.5 Å². The number of nitrogens with one attached hydrogen (secondary N) is 1. The van der Waals surface area contributed by atoms with E-state index in [4.69, 9.17) is 14.2 Å². The second kappa shape index (κ2) is 12.3. The van der Waals surface area contributed by atoms with Gasteiger partial charge in [0, 0.05) is 20.2 Å². The SMILES string of the molecule is CCOc1ccc(NC(=O)/C(C#N)=C\c2ccc(OCc3ccc(Br)cc3Br)c(OC)c2)cc1. The van der Waals surface area contributed by atoms with Crippen molar-refractivity contribution < 1.29 is 19.0 Å². The van der Waals surface area contributed by atoms with Gasteiger partial charge in [-0.3, -0.25) is 4.79 Å². The Morgan fingerprint density at radius 1 is 1.03 bits per heavy atom. The molecule has 0 aliphatic carbocycles. The zero-order chi connectivity index (χ0) is 24.5. The van der Waals surface area contributed by atoms with Crippen LogP contribution in [0.3, 0.4) is 0 Å². The number of amides is 1. The van der Waals surface area contributed by atoms with Crippen molar-refractivity contribution in [1.82, 2.24) is 0 Å². The molecule has 1 N–H and O–H groups in total. The maximum atomic E-state index is 12.6. The molecule has 0 fully saturated rings. The molecule has 0 heterocycles. The Bertz CT molecular complexity index is 1230. The lowest BCUT2D eigenvalue weighted by Crippen LogP contribution is -2.13. The molecule has 0 bridgehead atoms. The summed E-state index contributed by atoms with van der Waals surface area (Å²) in [5.41, 5.74) is 2.14. The third-order valence-corrected chi connectivity index (χ3v) is 5.92. The highest BCUT2D eigenvalue weighted by molar-refractivity contribution is 9.11. The minimum Gasteiger partial charge on any atom is -0.494 e. The van der Waals surface area contributed by atoms with Gasteiger partial charge >= 0.3 is 0 Å². The van der Waals surface area contributed by atoms with E-state index in [1.807, 2.05) is 31.2 Å². The topological polar surface area (TPSA) is 80.6 Å². The number of hydrogen-bond acceptors (Lipinski definition) is 5. The third kappa shape index (κ3) is 6.86. The first-order valence-electron chi connectivity index (χ1n) is 10.3. The predicted molar refractivity (Wildman–Crippen MR) is 139 cm³/mol. The Kier molecular flexibility index (Phi) is 9.14. The highest BCUT2D eigenvalue weighted by Gasteiger charge is 2.12. The highest BCUT2D eigenvalue weighted by atomic mass is 79.9. The molecule has 3 rings (SSSR count). The largest absolute Gasteiger partial charge is 0.494 e. The monoisotopic (exact) mass is 584 g/mol. The van der Waals surface area contributed by atoms with Crippen molar-refractivity contribution >= 4 is 49.5 Å². The number of benzene rings is 3. The van der Waals surface area contributed by atoms with Crippen LogP contribution in [-0.2, 0) is 11.4 Å². The summed E-state index contributed by atoms with van der Waals surface area (Å²) in [6, 6.07) is 20.0. The molecular weight excluding hydrogens is 564 g/mol. The van der Waals surface area contributed by atoms with Gasteiger partial charge in [0.25, 0.3) is 5.91 Å². The molecule has 3 aromatic rings. The van der Waals surface area contributed by atoms with Crippen molar-refractivity contribution in [2.75, 3.05) is 19.0 Å². The number of carbonyl (C=O) groups excluding carboxylic acids is 1. The van der Waals surface area contributed by atoms with Gasteiger partial charge in [0.1, 0.15) is 24.0 Å². The Labute approximate surface area is 215 Å². The van der Waals surface area contributed by atoms with Gasteiger partial charge in [0.05, 0.1) is 13.7 Å². The summed E-state index contributed by atoms with van der Waals surface area (Å²) in [4.78, 5) is 12.6. The maximum Gasteiger partial charge on any atom is 0.266 e. The molecule has 0 spiro atoms. The van der Waals surface area contributed by atoms with Crippen molar-refractivity contribution in [1.29, 1.82) is 5.26 Å². The summed E-state index contributed by atoms with van der Waals surface area (Å²) in [7, 11) is 1.54. The minimum absolute atomic E-state index is 0.0385. The van der Waals surface area contributed by atoms with Gasteiger partial charge in [-0.25, -0.2) is 0 Å². The normalized spacial score (nSPS) is 10.9. The minimum atomic E-state index is -0.508. The molecule has 8 heteroatoms. The average molecular weight is 586 g/mol. The molecule has 3 aromatic carbocycles. The maximum absolute atomic E-state index is 12.6. The Hall–Kier alpha value is -3.28. The van der Waals surface area contributed by atoms with Crippen LogP contribution in [0.15, 0.2) is 75.2 Å². The molecule has 0 saturated heterocycles. The van der Waals surface area contributed by atoms with Crippen molar-refractivity contribution in [3.63, 3.8) is 0 Å². The van der Waals surface area contributed by atoms with Crippen LogP contribution in [0.4, 0.5) is 5.69 Å². The van der Waals surface area contributed by atoms with E-state index < -0.39 is 5.91 Å². The fourth-order valence-corrected chi connectivity index (χ4v) is 4.16. The molecule has 0 aliphatic heterocycles. The van der Waals surface area contributed by atoms with Gasteiger partial charge in [-0.05, 0) is 67.1 Å². The zero-order valence-corrected chi connectivity index (χ0v) is 21.8. The van der Waals surface area contributed by atoms with E-state index in [-0.39, 0.29) is 5.57 Å². The second-order valence-corrected chi connectivity index (χ2v) is 8.79. The number of carbonyl (C=O) groups is 1. The summed E-state index contributed by atoms with van der Waals surface area (Å²) in [5, 5.41) is 12.2. The van der Waals surface area contributed by atoms with Crippen LogP contribution in [-0.4, -0.2) is 19.6 Å². The van der Waals surface area contributed by atoms with Crippen molar-refractivity contribution in [3.8, 4) is 23.3 Å². The Balaban J connectivity index is 1.72. The molecule has 0 saturated carbocycles. The van der Waals surface area contributed by atoms with Gasteiger partial charge < -0.3 is 19.5 Å². The predicted octanol–water partition coefficient (Wildman–Crippen LogP) is 6.74. The molecule has 0 aliphatic rings. The number of rotatable bonds is 9. The van der Waals surface area contributed by atoms with E-state index >= 15 is 0 Å².